The number of ether oxygens (including phenoxy) is 3. The summed E-state index contributed by atoms with van der Waals surface area (Å²) < 4.78 is 16.7. The van der Waals surface area contributed by atoms with Gasteiger partial charge in [0, 0.05) is 31.2 Å². The van der Waals surface area contributed by atoms with Crippen LogP contribution in [0.25, 0.3) is 0 Å². The molecule has 0 aliphatic carbocycles. The van der Waals surface area contributed by atoms with Gasteiger partial charge in [-0.2, -0.15) is 0 Å². The summed E-state index contributed by atoms with van der Waals surface area (Å²) in [5, 5.41) is 3.56. The van der Waals surface area contributed by atoms with Crippen LogP contribution in [0.2, 0.25) is 5.02 Å². The van der Waals surface area contributed by atoms with E-state index in [4.69, 9.17) is 25.8 Å². The van der Waals surface area contributed by atoms with Crippen LogP contribution < -0.4 is 10.1 Å². The highest BCUT2D eigenvalue weighted by Crippen LogP contribution is 2.31. The minimum absolute atomic E-state index is 0.0866. The van der Waals surface area contributed by atoms with Crippen molar-refractivity contribution in [3.05, 3.63) is 28.8 Å². The van der Waals surface area contributed by atoms with E-state index in [-0.39, 0.29) is 12.0 Å². The Morgan fingerprint density at radius 1 is 1.43 bits per heavy atom. The zero-order valence-corrected chi connectivity index (χ0v) is 13.8. The number of halogens is 1. The van der Waals surface area contributed by atoms with Gasteiger partial charge in [0.1, 0.15) is 5.75 Å². The largest absolute Gasteiger partial charge is 0.480 e. The van der Waals surface area contributed by atoms with Crippen LogP contribution in [0.5, 0.6) is 5.75 Å². The predicted octanol–water partition coefficient (Wildman–Crippen LogP) is 2.35. The van der Waals surface area contributed by atoms with Gasteiger partial charge in [-0.25, -0.2) is 0 Å². The van der Waals surface area contributed by atoms with Gasteiger partial charge in [0.25, 0.3) is 5.91 Å². The van der Waals surface area contributed by atoms with E-state index in [9.17, 15) is 4.79 Å². The Labute approximate surface area is 141 Å². The monoisotopic (exact) mass is 339 g/mol. The molecule has 126 valence electrons. The first-order valence-corrected chi connectivity index (χ1v) is 8.52. The maximum Gasteiger partial charge on any atom is 0.261 e. The summed E-state index contributed by atoms with van der Waals surface area (Å²) >= 11 is 5.95. The Balaban J connectivity index is 1.30. The van der Waals surface area contributed by atoms with Crippen LogP contribution in [0.15, 0.2) is 18.2 Å². The molecule has 5 nitrogen and oxygen atoms in total. The van der Waals surface area contributed by atoms with E-state index in [1.54, 1.807) is 6.07 Å². The third-order valence-electron chi connectivity index (χ3n) is 4.08. The molecule has 0 saturated carbocycles. The zero-order chi connectivity index (χ0) is 16.1. The quantitative estimate of drug-likeness (QED) is 0.775. The van der Waals surface area contributed by atoms with Crippen LogP contribution in [0.1, 0.15) is 24.8 Å². The molecule has 1 fully saturated rings. The Hall–Kier alpha value is -1.30. The number of hydrogen-bond acceptors (Lipinski definition) is 4. The van der Waals surface area contributed by atoms with Crippen molar-refractivity contribution in [1.29, 1.82) is 0 Å². The molecule has 1 aromatic carbocycles. The lowest BCUT2D eigenvalue weighted by Gasteiger charge is -2.12. The molecule has 1 N–H and O–H groups in total. The second kappa shape index (κ2) is 7.99. The first-order valence-electron chi connectivity index (χ1n) is 8.14. The molecule has 2 unspecified atom stereocenters. The Morgan fingerprint density at radius 3 is 3.17 bits per heavy atom. The number of benzene rings is 1. The van der Waals surface area contributed by atoms with Crippen LogP contribution >= 0.6 is 11.6 Å². The first kappa shape index (κ1) is 16.6. The molecule has 1 amide bonds. The lowest BCUT2D eigenvalue weighted by atomic mass is 10.1. The predicted molar refractivity (Wildman–Crippen MR) is 87.0 cm³/mol. The Bertz CT molecular complexity index is 545. The van der Waals surface area contributed by atoms with Crippen LogP contribution in [0.3, 0.4) is 0 Å². The van der Waals surface area contributed by atoms with Gasteiger partial charge in [-0.3, -0.25) is 4.79 Å². The van der Waals surface area contributed by atoms with Crippen molar-refractivity contribution in [3.63, 3.8) is 0 Å². The van der Waals surface area contributed by atoms with Crippen molar-refractivity contribution in [2.75, 3.05) is 26.4 Å². The van der Waals surface area contributed by atoms with Crippen LogP contribution in [-0.2, 0) is 20.7 Å². The van der Waals surface area contributed by atoms with Gasteiger partial charge in [-0.1, -0.05) is 11.6 Å². The second-order valence-electron chi connectivity index (χ2n) is 5.92. The van der Waals surface area contributed by atoms with Crippen LogP contribution in [0, 0.1) is 0 Å². The first-order chi connectivity index (χ1) is 11.2. The normalized spacial score (nSPS) is 22.7. The standard InChI is InChI=1S/C17H22ClNO4/c18-13-4-5-15-12(9-13)10-16(23-15)17(20)19-6-2-7-21-11-14-3-1-8-22-14/h4-5,9,14,16H,1-3,6-8,10-11H2,(H,19,20). The molecule has 2 aliphatic heterocycles. The molecule has 1 saturated heterocycles. The summed E-state index contributed by atoms with van der Waals surface area (Å²) in [5.74, 6) is 0.658. The fourth-order valence-corrected chi connectivity index (χ4v) is 3.05. The second-order valence-corrected chi connectivity index (χ2v) is 6.35. The van der Waals surface area contributed by atoms with E-state index in [0.717, 1.165) is 37.2 Å². The van der Waals surface area contributed by atoms with E-state index in [2.05, 4.69) is 5.32 Å². The molecule has 23 heavy (non-hydrogen) atoms. The number of hydrogen-bond donors (Lipinski definition) is 1. The molecule has 3 rings (SSSR count). The van der Waals surface area contributed by atoms with Gasteiger partial charge in [-0.15, -0.1) is 0 Å². The number of rotatable bonds is 7. The highest BCUT2D eigenvalue weighted by molar-refractivity contribution is 6.30. The average Bonchev–Trinajstić information content (AvgIpc) is 3.19. The van der Waals surface area contributed by atoms with E-state index >= 15 is 0 Å². The maximum atomic E-state index is 12.1. The van der Waals surface area contributed by atoms with Crippen LogP contribution in [-0.4, -0.2) is 44.5 Å². The van der Waals surface area contributed by atoms with Gasteiger partial charge < -0.3 is 19.5 Å². The van der Waals surface area contributed by atoms with Crippen molar-refractivity contribution < 1.29 is 19.0 Å². The average molecular weight is 340 g/mol. The van der Waals surface area contributed by atoms with Gasteiger partial charge >= 0.3 is 0 Å². The number of carbonyl (C=O) groups excluding carboxylic acids is 1. The summed E-state index contributed by atoms with van der Waals surface area (Å²) in [5.41, 5.74) is 0.984. The van der Waals surface area contributed by atoms with E-state index < -0.39 is 6.10 Å². The molecular formula is C17H22ClNO4. The molecule has 1 aromatic rings. The minimum atomic E-state index is -0.462. The zero-order valence-electron chi connectivity index (χ0n) is 13.1. The molecule has 0 radical (unpaired) electrons. The third-order valence-corrected chi connectivity index (χ3v) is 4.32. The van der Waals surface area contributed by atoms with Crippen LogP contribution in [0.4, 0.5) is 0 Å². The number of fused-ring (bicyclic) bond motifs is 1. The molecule has 2 aliphatic rings. The summed E-state index contributed by atoms with van der Waals surface area (Å²) in [6, 6.07) is 5.43. The van der Waals surface area contributed by atoms with Crippen molar-refractivity contribution >= 4 is 17.5 Å². The number of carbonyl (C=O) groups is 1. The highest BCUT2D eigenvalue weighted by Gasteiger charge is 2.28. The summed E-state index contributed by atoms with van der Waals surface area (Å²) in [4.78, 5) is 12.1. The fraction of sp³-hybridized carbons (Fsp3) is 0.588. The molecule has 0 spiro atoms. The van der Waals surface area contributed by atoms with Gasteiger partial charge in [0.2, 0.25) is 0 Å². The third kappa shape index (κ3) is 4.59. The lowest BCUT2D eigenvalue weighted by Crippen LogP contribution is -2.38. The molecule has 6 heteroatoms. The van der Waals surface area contributed by atoms with Crippen molar-refractivity contribution in [1.82, 2.24) is 5.32 Å². The molecule has 0 aromatic heterocycles. The molecule has 2 atom stereocenters. The summed E-state index contributed by atoms with van der Waals surface area (Å²) in [7, 11) is 0. The summed E-state index contributed by atoms with van der Waals surface area (Å²) in [6.07, 6.45) is 3.35. The fourth-order valence-electron chi connectivity index (χ4n) is 2.85. The van der Waals surface area contributed by atoms with Crippen molar-refractivity contribution in [3.8, 4) is 5.75 Å². The Morgan fingerprint density at radius 2 is 2.35 bits per heavy atom. The maximum absolute atomic E-state index is 12.1. The van der Waals surface area contributed by atoms with Gasteiger partial charge in [0.05, 0.1) is 12.7 Å². The van der Waals surface area contributed by atoms with E-state index in [0.29, 0.717) is 31.2 Å². The van der Waals surface area contributed by atoms with Gasteiger partial charge in [-0.05, 0) is 43.0 Å². The van der Waals surface area contributed by atoms with Gasteiger partial charge in [0.15, 0.2) is 6.10 Å². The highest BCUT2D eigenvalue weighted by atomic mass is 35.5. The van der Waals surface area contributed by atoms with Crippen molar-refractivity contribution in [2.24, 2.45) is 0 Å². The molecule has 0 bridgehead atoms. The molecular weight excluding hydrogens is 318 g/mol. The van der Waals surface area contributed by atoms with E-state index in [1.165, 1.54) is 0 Å². The number of amides is 1. The topological polar surface area (TPSA) is 56.8 Å². The van der Waals surface area contributed by atoms with E-state index in [1.807, 2.05) is 12.1 Å². The summed E-state index contributed by atoms with van der Waals surface area (Å²) in [6.45, 7) is 2.71. The number of nitrogens with one attached hydrogen (secondary N) is 1. The molecule has 2 heterocycles. The lowest BCUT2D eigenvalue weighted by molar-refractivity contribution is -0.127. The SMILES string of the molecule is O=C(NCCCOCC1CCCO1)C1Cc2cc(Cl)ccc2O1. The Kier molecular flexibility index (Phi) is 5.75. The smallest absolute Gasteiger partial charge is 0.261 e. The minimum Gasteiger partial charge on any atom is -0.480 e. The van der Waals surface area contributed by atoms with Crippen molar-refractivity contribution in [2.45, 2.75) is 37.9 Å².